The van der Waals surface area contributed by atoms with Crippen LogP contribution in [0.15, 0.2) is 17.6 Å². The maximum Gasteiger partial charge on any atom is 0.333 e. The van der Waals surface area contributed by atoms with E-state index in [-0.39, 0.29) is 0 Å². The van der Waals surface area contributed by atoms with Crippen LogP contribution in [0.5, 0.6) is 0 Å². The standard InChI is InChI=1S/C23H33N3O3S/c1-23(2,26(3)18-9-6-10-18)13-14-30(28,29)25-22(27)24-21-19-11-4-7-16(19)15-17-8-5-12-20(17)21/h13-15,18H,4-12H2,1-3H3,(H2,24,25,27)/b14-13+. The van der Waals surface area contributed by atoms with Crippen molar-refractivity contribution in [3.63, 3.8) is 0 Å². The van der Waals surface area contributed by atoms with Gasteiger partial charge in [0, 0.05) is 22.7 Å². The van der Waals surface area contributed by atoms with Crippen LogP contribution >= 0.6 is 0 Å². The van der Waals surface area contributed by atoms with Gasteiger partial charge in [-0.25, -0.2) is 17.9 Å². The number of sulfonamides is 1. The van der Waals surface area contributed by atoms with E-state index in [2.05, 4.69) is 21.0 Å². The number of nitrogens with one attached hydrogen (secondary N) is 2. The molecule has 0 radical (unpaired) electrons. The predicted octanol–water partition coefficient (Wildman–Crippen LogP) is 3.89. The van der Waals surface area contributed by atoms with Crippen molar-refractivity contribution >= 4 is 21.7 Å². The van der Waals surface area contributed by atoms with E-state index in [1.807, 2.05) is 20.9 Å². The van der Waals surface area contributed by atoms with Crippen LogP contribution in [-0.2, 0) is 35.7 Å². The molecule has 1 aromatic rings. The Hall–Kier alpha value is -1.86. The quantitative estimate of drug-likeness (QED) is 0.716. The van der Waals surface area contributed by atoms with Crippen molar-refractivity contribution in [3.8, 4) is 0 Å². The topological polar surface area (TPSA) is 78.5 Å². The highest BCUT2D eigenvalue weighted by atomic mass is 32.2. The van der Waals surface area contributed by atoms with E-state index < -0.39 is 21.6 Å². The Balaban J connectivity index is 1.45. The van der Waals surface area contributed by atoms with Crippen LogP contribution in [0.1, 0.15) is 68.2 Å². The molecule has 3 aliphatic rings. The number of amides is 2. The minimum absolute atomic E-state index is 0.405. The molecule has 0 spiro atoms. The Labute approximate surface area is 180 Å². The van der Waals surface area contributed by atoms with Gasteiger partial charge >= 0.3 is 6.03 Å². The van der Waals surface area contributed by atoms with Crippen LogP contribution in [0.25, 0.3) is 0 Å². The molecule has 164 valence electrons. The molecule has 4 rings (SSSR count). The number of aryl methyl sites for hydroxylation is 2. The molecule has 7 heteroatoms. The lowest BCUT2D eigenvalue weighted by Gasteiger charge is -2.43. The summed E-state index contributed by atoms with van der Waals surface area (Å²) in [6.07, 6.45) is 11.3. The zero-order valence-corrected chi connectivity index (χ0v) is 19.1. The summed E-state index contributed by atoms with van der Waals surface area (Å²) in [5.74, 6) is 0. The summed E-state index contributed by atoms with van der Waals surface area (Å²) in [6, 6.07) is 2.10. The molecule has 2 amide bonds. The van der Waals surface area contributed by atoms with Crippen LogP contribution in [0.3, 0.4) is 0 Å². The van der Waals surface area contributed by atoms with Crippen molar-refractivity contribution in [1.82, 2.24) is 9.62 Å². The first kappa shape index (κ1) is 21.4. The van der Waals surface area contributed by atoms with E-state index in [0.717, 1.165) is 62.5 Å². The Kier molecular flexibility index (Phi) is 5.70. The predicted molar refractivity (Wildman–Crippen MR) is 120 cm³/mol. The zero-order valence-electron chi connectivity index (χ0n) is 18.3. The number of likely N-dealkylation sites (N-methyl/N-ethyl adjacent to an activating group) is 1. The molecule has 0 bridgehead atoms. The average Bonchev–Trinajstić information content (AvgIpc) is 3.27. The van der Waals surface area contributed by atoms with Crippen LogP contribution in [0, 0.1) is 0 Å². The van der Waals surface area contributed by atoms with Crippen molar-refractivity contribution in [2.24, 2.45) is 0 Å². The van der Waals surface area contributed by atoms with E-state index in [1.165, 1.54) is 28.7 Å². The third-order valence-corrected chi connectivity index (χ3v) is 8.10. The second-order valence-corrected chi connectivity index (χ2v) is 11.1. The van der Waals surface area contributed by atoms with Gasteiger partial charge in [0.15, 0.2) is 0 Å². The van der Waals surface area contributed by atoms with E-state index >= 15 is 0 Å². The summed E-state index contributed by atoms with van der Waals surface area (Å²) in [5, 5.41) is 4.01. The third kappa shape index (κ3) is 4.28. The first-order valence-corrected chi connectivity index (χ1v) is 12.6. The van der Waals surface area contributed by atoms with Gasteiger partial charge in [-0.15, -0.1) is 0 Å². The Morgan fingerprint density at radius 1 is 1.07 bits per heavy atom. The molecule has 0 heterocycles. The summed E-state index contributed by atoms with van der Waals surface area (Å²) in [7, 11) is -1.85. The number of hydrogen-bond donors (Lipinski definition) is 2. The number of rotatable bonds is 6. The van der Waals surface area contributed by atoms with Crippen molar-refractivity contribution in [2.45, 2.75) is 83.2 Å². The maximum atomic E-state index is 12.6. The molecule has 0 saturated heterocycles. The van der Waals surface area contributed by atoms with Gasteiger partial charge in [0.05, 0.1) is 0 Å². The summed E-state index contributed by atoms with van der Waals surface area (Å²) >= 11 is 0. The number of fused-ring (bicyclic) bond motifs is 2. The summed E-state index contributed by atoms with van der Waals surface area (Å²) in [6.45, 7) is 3.99. The molecule has 30 heavy (non-hydrogen) atoms. The molecular formula is C23H33N3O3S. The van der Waals surface area contributed by atoms with Crippen LogP contribution < -0.4 is 10.0 Å². The molecular weight excluding hydrogens is 398 g/mol. The summed E-state index contributed by atoms with van der Waals surface area (Å²) < 4.78 is 27.3. The first-order chi connectivity index (χ1) is 14.2. The number of benzene rings is 1. The van der Waals surface area contributed by atoms with Gasteiger partial charge in [0.25, 0.3) is 10.0 Å². The van der Waals surface area contributed by atoms with Crippen molar-refractivity contribution < 1.29 is 13.2 Å². The molecule has 6 nitrogen and oxygen atoms in total. The van der Waals surface area contributed by atoms with Gasteiger partial charge in [0.2, 0.25) is 0 Å². The van der Waals surface area contributed by atoms with E-state index in [0.29, 0.717) is 6.04 Å². The molecule has 1 saturated carbocycles. The number of nitrogens with zero attached hydrogens (tertiary/aromatic N) is 1. The highest BCUT2D eigenvalue weighted by molar-refractivity contribution is 7.92. The van der Waals surface area contributed by atoms with Crippen LogP contribution in [0.4, 0.5) is 10.5 Å². The van der Waals surface area contributed by atoms with E-state index in [4.69, 9.17) is 0 Å². The Morgan fingerprint density at radius 2 is 1.67 bits per heavy atom. The fourth-order valence-corrected chi connectivity index (χ4v) is 5.78. The molecule has 0 aromatic heterocycles. The van der Waals surface area contributed by atoms with Gasteiger partial charge in [-0.1, -0.05) is 18.6 Å². The fourth-order valence-electron chi connectivity index (χ4n) is 4.89. The van der Waals surface area contributed by atoms with Gasteiger partial charge in [-0.3, -0.25) is 4.90 Å². The first-order valence-electron chi connectivity index (χ1n) is 11.1. The second kappa shape index (κ2) is 8.00. The molecule has 2 N–H and O–H groups in total. The van der Waals surface area contributed by atoms with Gasteiger partial charge in [-0.05, 0) is 94.5 Å². The largest absolute Gasteiger partial charge is 0.333 e. The Bertz CT molecular complexity index is 946. The number of hydrogen-bond acceptors (Lipinski definition) is 4. The Morgan fingerprint density at radius 3 is 2.20 bits per heavy atom. The lowest BCUT2D eigenvalue weighted by molar-refractivity contribution is 0.0858. The zero-order chi connectivity index (χ0) is 21.5. The normalized spacial score (nSPS) is 19.1. The number of carbonyl (C=O) groups is 1. The fraction of sp³-hybridized carbons (Fsp3) is 0.609. The third-order valence-electron chi connectivity index (χ3n) is 7.13. The van der Waals surface area contributed by atoms with Crippen LogP contribution in [-0.4, -0.2) is 38.0 Å². The molecule has 1 aromatic carbocycles. The van der Waals surface area contributed by atoms with Crippen molar-refractivity contribution in [1.29, 1.82) is 0 Å². The van der Waals surface area contributed by atoms with Crippen molar-refractivity contribution in [3.05, 3.63) is 39.8 Å². The monoisotopic (exact) mass is 431 g/mol. The lowest BCUT2D eigenvalue weighted by atomic mass is 9.88. The maximum absolute atomic E-state index is 12.6. The van der Waals surface area contributed by atoms with E-state index in [9.17, 15) is 13.2 Å². The highest BCUT2D eigenvalue weighted by Crippen LogP contribution is 2.38. The minimum Gasteiger partial charge on any atom is -0.307 e. The highest BCUT2D eigenvalue weighted by Gasteiger charge is 2.31. The number of anilines is 1. The molecule has 0 aliphatic heterocycles. The lowest BCUT2D eigenvalue weighted by Crippen LogP contribution is -2.49. The molecule has 1 fully saturated rings. The SMILES string of the molecule is CN(C1CCC1)C(C)(C)/C=C/S(=O)(=O)NC(=O)Nc1c2c(cc3c1CCC3)CCC2. The molecule has 0 atom stereocenters. The van der Waals surface area contributed by atoms with Gasteiger partial charge in [0.1, 0.15) is 0 Å². The van der Waals surface area contributed by atoms with E-state index in [1.54, 1.807) is 6.08 Å². The molecule has 3 aliphatic carbocycles. The molecule has 0 unspecified atom stereocenters. The second-order valence-electron chi connectivity index (χ2n) is 9.49. The van der Waals surface area contributed by atoms with Crippen LogP contribution in [0.2, 0.25) is 0 Å². The number of urea groups is 1. The van der Waals surface area contributed by atoms with Crippen molar-refractivity contribution in [2.75, 3.05) is 12.4 Å². The number of carbonyl (C=O) groups excluding carboxylic acids is 1. The smallest absolute Gasteiger partial charge is 0.307 e. The summed E-state index contributed by atoms with van der Waals surface area (Å²) in [4.78, 5) is 14.8. The van der Waals surface area contributed by atoms with Gasteiger partial charge < -0.3 is 5.32 Å². The average molecular weight is 432 g/mol. The summed E-state index contributed by atoms with van der Waals surface area (Å²) in [5.41, 5.74) is 5.41. The van der Waals surface area contributed by atoms with Gasteiger partial charge in [-0.2, -0.15) is 0 Å². The minimum atomic E-state index is -3.88.